The third-order valence-corrected chi connectivity index (χ3v) is 3.79. The molecule has 3 heteroatoms. The maximum Gasteiger partial charge on any atom is 0.116 e. The minimum absolute atomic E-state index is 0.185. The topological polar surface area (TPSA) is 33.1 Å². The Morgan fingerprint density at radius 3 is 2.87 bits per heavy atom. The average molecular weight is 223 g/mol. The van der Waals surface area contributed by atoms with E-state index in [0.717, 1.165) is 5.01 Å². The van der Waals surface area contributed by atoms with E-state index in [1.807, 2.05) is 11.6 Å². The van der Waals surface area contributed by atoms with Crippen molar-refractivity contribution < 1.29 is 5.11 Å². The number of aliphatic hydroxyl groups excluding tert-OH is 1. The normalized spacial score (nSPS) is 19.4. The standard InChI is InChI=1S/C12H17NOS/c14-9-11(8-12-13-6-7-15-12)10-4-2-1-3-5-10/h6-8,10,14H,1-5,9H2/b11-8-. The molecule has 15 heavy (non-hydrogen) atoms. The van der Waals surface area contributed by atoms with Crippen LogP contribution in [0.15, 0.2) is 17.2 Å². The predicted octanol–water partition coefficient (Wildman–Crippen LogP) is 3.10. The summed E-state index contributed by atoms with van der Waals surface area (Å²) in [5, 5.41) is 12.4. The third-order valence-electron chi connectivity index (χ3n) is 3.07. The molecule has 0 saturated heterocycles. The molecule has 1 aromatic heterocycles. The van der Waals surface area contributed by atoms with Crippen LogP contribution < -0.4 is 0 Å². The molecule has 0 aromatic carbocycles. The molecular weight excluding hydrogens is 206 g/mol. The quantitative estimate of drug-likeness (QED) is 0.854. The maximum atomic E-state index is 9.39. The van der Waals surface area contributed by atoms with Gasteiger partial charge in [-0.3, -0.25) is 0 Å². The Kier molecular flexibility index (Phi) is 3.92. The summed E-state index contributed by atoms with van der Waals surface area (Å²) in [6.07, 6.45) is 10.3. The van der Waals surface area contributed by atoms with Gasteiger partial charge in [0.2, 0.25) is 0 Å². The summed E-state index contributed by atoms with van der Waals surface area (Å²) < 4.78 is 0. The predicted molar refractivity (Wildman–Crippen MR) is 63.8 cm³/mol. The van der Waals surface area contributed by atoms with Gasteiger partial charge < -0.3 is 5.11 Å². The van der Waals surface area contributed by atoms with Crippen molar-refractivity contribution in [3.8, 4) is 0 Å². The van der Waals surface area contributed by atoms with Crippen LogP contribution in [0.5, 0.6) is 0 Å². The molecule has 1 saturated carbocycles. The highest BCUT2D eigenvalue weighted by Gasteiger charge is 2.17. The van der Waals surface area contributed by atoms with E-state index >= 15 is 0 Å². The molecule has 1 N–H and O–H groups in total. The minimum Gasteiger partial charge on any atom is -0.392 e. The minimum atomic E-state index is 0.185. The van der Waals surface area contributed by atoms with E-state index in [0.29, 0.717) is 5.92 Å². The molecule has 0 bridgehead atoms. The fourth-order valence-electron chi connectivity index (χ4n) is 2.23. The van der Waals surface area contributed by atoms with Crippen LogP contribution in [-0.2, 0) is 0 Å². The zero-order chi connectivity index (χ0) is 10.5. The molecule has 1 aliphatic rings. The average Bonchev–Trinajstić information content (AvgIpc) is 2.80. The lowest BCUT2D eigenvalue weighted by molar-refractivity contribution is 0.295. The molecule has 0 unspecified atom stereocenters. The molecule has 2 nitrogen and oxygen atoms in total. The highest BCUT2D eigenvalue weighted by atomic mass is 32.1. The van der Waals surface area contributed by atoms with Crippen molar-refractivity contribution in [3.63, 3.8) is 0 Å². The molecule has 82 valence electrons. The number of aromatic nitrogens is 1. The number of hydrogen-bond acceptors (Lipinski definition) is 3. The molecule has 0 radical (unpaired) electrons. The van der Waals surface area contributed by atoms with Crippen LogP contribution in [0, 0.1) is 5.92 Å². The number of nitrogens with zero attached hydrogens (tertiary/aromatic N) is 1. The summed E-state index contributed by atoms with van der Waals surface area (Å²) in [7, 11) is 0. The lowest BCUT2D eigenvalue weighted by Gasteiger charge is -2.23. The van der Waals surface area contributed by atoms with Crippen molar-refractivity contribution in [3.05, 3.63) is 22.2 Å². The van der Waals surface area contributed by atoms with Gasteiger partial charge in [0.05, 0.1) is 6.61 Å². The van der Waals surface area contributed by atoms with Gasteiger partial charge in [0, 0.05) is 11.6 Å². The highest BCUT2D eigenvalue weighted by molar-refractivity contribution is 7.10. The van der Waals surface area contributed by atoms with E-state index in [1.165, 1.54) is 37.7 Å². The van der Waals surface area contributed by atoms with Crippen LogP contribution in [-0.4, -0.2) is 16.7 Å². The van der Waals surface area contributed by atoms with Crippen molar-refractivity contribution in [2.24, 2.45) is 5.92 Å². The van der Waals surface area contributed by atoms with Crippen molar-refractivity contribution >= 4 is 17.4 Å². The second kappa shape index (κ2) is 5.42. The Labute approximate surface area is 94.7 Å². The Morgan fingerprint density at radius 2 is 2.27 bits per heavy atom. The molecule has 1 fully saturated rings. The van der Waals surface area contributed by atoms with Crippen LogP contribution in [0.1, 0.15) is 37.1 Å². The summed E-state index contributed by atoms with van der Waals surface area (Å²) in [6, 6.07) is 0. The van der Waals surface area contributed by atoms with Gasteiger partial charge in [-0.25, -0.2) is 4.98 Å². The van der Waals surface area contributed by atoms with Crippen molar-refractivity contribution in [2.75, 3.05) is 6.61 Å². The van der Waals surface area contributed by atoms with Crippen LogP contribution in [0.2, 0.25) is 0 Å². The van der Waals surface area contributed by atoms with E-state index < -0.39 is 0 Å². The fourth-order valence-corrected chi connectivity index (χ4v) is 2.83. The van der Waals surface area contributed by atoms with E-state index in [9.17, 15) is 5.11 Å². The second-order valence-electron chi connectivity index (χ2n) is 4.08. The lowest BCUT2D eigenvalue weighted by atomic mass is 9.84. The van der Waals surface area contributed by atoms with Crippen molar-refractivity contribution in [2.45, 2.75) is 32.1 Å². The van der Waals surface area contributed by atoms with Crippen molar-refractivity contribution in [1.29, 1.82) is 0 Å². The summed E-state index contributed by atoms with van der Waals surface area (Å²) in [4.78, 5) is 4.23. The molecule has 0 aliphatic heterocycles. The van der Waals surface area contributed by atoms with Gasteiger partial charge in [-0.2, -0.15) is 0 Å². The van der Waals surface area contributed by atoms with Gasteiger partial charge in [-0.1, -0.05) is 19.3 Å². The molecule has 0 spiro atoms. The summed E-state index contributed by atoms with van der Waals surface area (Å²) in [5.74, 6) is 0.590. The highest BCUT2D eigenvalue weighted by Crippen LogP contribution is 2.30. The molecule has 0 atom stereocenters. The zero-order valence-corrected chi connectivity index (χ0v) is 9.67. The molecule has 1 aromatic rings. The SMILES string of the molecule is OC/C(=C/c1nccs1)C1CCCCC1. The lowest BCUT2D eigenvalue weighted by Crippen LogP contribution is -2.11. The van der Waals surface area contributed by atoms with Gasteiger partial charge in [0.1, 0.15) is 5.01 Å². The third kappa shape index (κ3) is 2.89. The first-order valence-electron chi connectivity index (χ1n) is 5.61. The van der Waals surface area contributed by atoms with Crippen LogP contribution in [0.4, 0.5) is 0 Å². The van der Waals surface area contributed by atoms with E-state index in [-0.39, 0.29) is 6.61 Å². The first kappa shape index (κ1) is 10.8. The summed E-state index contributed by atoms with van der Waals surface area (Å²) in [5.41, 5.74) is 1.17. The molecule has 1 heterocycles. The number of aliphatic hydroxyl groups is 1. The Bertz CT molecular complexity index is 312. The van der Waals surface area contributed by atoms with Gasteiger partial charge in [-0.15, -0.1) is 11.3 Å². The zero-order valence-electron chi connectivity index (χ0n) is 8.85. The Morgan fingerprint density at radius 1 is 1.47 bits per heavy atom. The number of thiazole rings is 1. The number of hydrogen-bond donors (Lipinski definition) is 1. The van der Waals surface area contributed by atoms with Crippen LogP contribution in [0.25, 0.3) is 6.08 Å². The summed E-state index contributed by atoms with van der Waals surface area (Å²) >= 11 is 1.63. The first-order valence-corrected chi connectivity index (χ1v) is 6.49. The van der Waals surface area contributed by atoms with Crippen LogP contribution in [0.3, 0.4) is 0 Å². The van der Waals surface area contributed by atoms with Gasteiger partial charge in [0.15, 0.2) is 0 Å². The fraction of sp³-hybridized carbons (Fsp3) is 0.583. The Hall–Kier alpha value is -0.670. The van der Waals surface area contributed by atoms with E-state index in [4.69, 9.17) is 0 Å². The number of rotatable bonds is 3. The van der Waals surface area contributed by atoms with E-state index in [1.54, 1.807) is 11.3 Å². The molecule has 1 aliphatic carbocycles. The largest absolute Gasteiger partial charge is 0.392 e. The van der Waals surface area contributed by atoms with E-state index in [2.05, 4.69) is 11.1 Å². The summed E-state index contributed by atoms with van der Waals surface area (Å²) in [6.45, 7) is 0.185. The van der Waals surface area contributed by atoms with Gasteiger partial charge in [0.25, 0.3) is 0 Å². The molecular formula is C12H17NOS. The molecule has 2 rings (SSSR count). The molecule has 0 amide bonds. The van der Waals surface area contributed by atoms with Crippen LogP contribution >= 0.6 is 11.3 Å². The smallest absolute Gasteiger partial charge is 0.116 e. The van der Waals surface area contributed by atoms with Gasteiger partial charge in [-0.05, 0) is 30.4 Å². The maximum absolute atomic E-state index is 9.39. The Balaban J connectivity index is 2.08. The van der Waals surface area contributed by atoms with Gasteiger partial charge >= 0.3 is 0 Å². The second-order valence-corrected chi connectivity index (χ2v) is 5.01. The van der Waals surface area contributed by atoms with Crippen molar-refractivity contribution in [1.82, 2.24) is 4.98 Å². The monoisotopic (exact) mass is 223 g/mol. The first-order chi connectivity index (χ1) is 7.40.